The Morgan fingerprint density at radius 1 is 0.829 bits per heavy atom. The maximum Gasteiger partial charge on any atom is 0.343 e. The lowest BCUT2D eigenvalue weighted by atomic mass is 9.79. The molecule has 2 aromatic rings. The first-order chi connectivity index (χ1) is 16.5. The second kappa shape index (κ2) is 8.93. The van der Waals surface area contributed by atoms with Crippen molar-refractivity contribution in [1.82, 2.24) is 0 Å². The van der Waals surface area contributed by atoms with Crippen LogP contribution < -0.4 is 4.74 Å². The van der Waals surface area contributed by atoms with Crippen LogP contribution in [0, 0.1) is 11.6 Å². The van der Waals surface area contributed by atoms with Crippen molar-refractivity contribution >= 4 is 0 Å². The Labute approximate surface area is 199 Å². The normalized spacial score (nSPS) is 21.7. The van der Waals surface area contributed by atoms with E-state index >= 15 is 13.2 Å². The van der Waals surface area contributed by atoms with E-state index in [0.717, 1.165) is 18.2 Å². The molecule has 2 aliphatic rings. The fourth-order valence-electron chi connectivity index (χ4n) is 4.33. The van der Waals surface area contributed by atoms with Crippen LogP contribution in [-0.4, -0.2) is 18.8 Å². The van der Waals surface area contributed by atoms with Crippen LogP contribution in [0.25, 0.3) is 11.1 Å². The highest BCUT2D eigenvalue weighted by Crippen LogP contribution is 2.60. The van der Waals surface area contributed by atoms with E-state index in [1.165, 1.54) is 13.0 Å². The van der Waals surface area contributed by atoms with Gasteiger partial charge in [0.25, 0.3) is 0 Å². The largest absolute Gasteiger partial charge is 0.491 e. The molecule has 1 unspecified atom stereocenters. The molecule has 0 radical (unpaired) electrons. The topological polar surface area (TPSA) is 27.7 Å². The molecule has 2 aromatic carbocycles. The zero-order valence-corrected chi connectivity index (χ0v) is 19.4. The molecule has 3 nitrogen and oxygen atoms in total. The van der Waals surface area contributed by atoms with Crippen LogP contribution in [0.4, 0.5) is 26.3 Å². The number of benzene rings is 2. The maximum atomic E-state index is 15.3. The lowest BCUT2D eigenvalue weighted by Gasteiger charge is -2.35. The van der Waals surface area contributed by atoms with Crippen LogP contribution in [0.1, 0.15) is 43.9 Å². The lowest BCUT2D eigenvalue weighted by Crippen LogP contribution is -2.41. The summed E-state index contributed by atoms with van der Waals surface area (Å²) in [6.45, 7) is 5.22. The molecule has 1 atom stereocenters. The summed E-state index contributed by atoms with van der Waals surface area (Å²) in [4.78, 5) is 0. The molecule has 0 aromatic heterocycles. The van der Waals surface area contributed by atoms with E-state index in [4.69, 9.17) is 14.2 Å². The van der Waals surface area contributed by atoms with Gasteiger partial charge in [0, 0.05) is 18.6 Å². The third-order valence-corrected chi connectivity index (χ3v) is 6.12. The van der Waals surface area contributed by atoms with Crippen LogP contribution in [0.3, 0.4) is 0 Å². The number of alkyl halides is 4. The summed E-state index contributed by atoms with van der Waals surface area (Å²) in [7, 11) is 0. The van der Waals surface area contributed by atoms with E-state index in [9.17, 15) is 13.2 Å². The lowest BCUT2D eigenvalue weighted by molar-refractivity contribution is -0.228. The quantitative estimate of drug-likeness (QED) is 0.373. The minimum atomic E-state index is -5.01. The Kier molecular flexibility index (Phi) is 6.42. The smallest absolute Gasteiger partial charge is 0.343 e. The SMILES string of the molecule is CCOc1ccc2c(c1F)C(F)(F)C(F)(F)c1c-2ccc(COC2=CCC(C)(OCC)C=C2)c1F. The molecule has 0 saturated heterocycles. The van der Waals surface area contributed by atoms with Crippen LogP contribution >= 0.6 is 0 Å². The zero-order valence-electron chi connectivity index (χ0n) is 19.4. The van der Waals surface area contributed by atoms with Crippen LogP contribution in [0.15, 0.2) is 48.3 Å². The molecule has 0 heterocycles. The first kappa shape index (κ1) is 25.2. The average molecular weight is 498 g/mol. The van der Waals surface area contributed by atoms with Crippen molar-refractivity contribution in [2.45, 2.75) is 51.2 Å². The molecule has 2 aliphatic carbocycles. The molecule has 0 bridgehead atoms. The number of hydrogen-bond donors (Lipinski definition) is 0. The number of ether oxygens (including phenoxy) is 3. The monoisotopic (exact) mass is 498 g/mol. The van der Waals surface area contributed by atoms with E-state index in [2.05, 4.69) is 0 Å². The number of fused-ring (bicyclic) bond motifs is 3. The minimum absolute atomic E-state index is 0.0528. The highest BCUT2D eigenvalue weighted by Gasteiger charge is 2.65. The van der Waals surface area contributed by atoms with Crippen molar-refractivity contribution in [3.63, 3.8) is 0 Å². The second-order valence-corrected chi connectivity index (χ2v) is 8.52. The molecule has 0 fully saturated rings. The zero-order chi connectivity index (χ0) is 25.6. The van der Waals surface area contributed by atoms with Gasteiger partial charge in [-0.3, -0.25) is 0 Å². The van der Waals surface area contributed by atoms with Crippen LogP contribution in [0.2, 0.25) is 0 Å². The van der Waals surface area contributed by atoms with E-state index in [1.807, 2.05) is 13.8 Å². The molecule has 188 valence electrons. The van der Waals surface area contributed by atoms with Gasteiger partial charge in [-0.05, 0) is 62.3 Å². The van der Waals surface area contributed by atoms with E-state index < -0.39 is 63.7 Å². The van der Waals surface area contributed by atoms with Gasteiger partial charge in [0.05, 0.1) is 23.3 Å². The summed E-state index contributed by atoms with van der Waals surface area (Å²) in [5.74, 6) is -13.3. The summed E-state index contributed by atoms with van der Waals surface area (Å²) in [6, 6.07) is 4.35. The van der Waals surface area contributed by atoms with Crippen LogP contribution in [-0.2, 0) is 27.9 Å². The number of allylic oxidation sites excluding steroid dienone is 1. The van der Waals surface area contributed by atoms with Crippen molar-refractivity contribution in [3.05, 3.63) is 76.6 Å². The molecule has 9 heteroatoms. The Balaban J connectivity index is 1.70. The van der Waals surface area contributed by atoms with Crippen molar-refractivity contribution in [2.24, 2.45) is 0 Å². The third-order valence-electron chi connectivity index (χ3n) is 6.12. The highest BCUT2D eigenvalue weighted by atomic mass is 19.3. The predicted molar refractivity (Wildman–Crippen MR) is 117 cm³/mol. The van der Waals surface area contributed by atoms with Crippen molar-refractivity contribution in [3.8, 4) is 16.9 Å². The fourth-order valence-corrected chi connectivity index (χ4v) is 4.33. The van der Waals surface area contributed by atoms with Gasteiger partial charge in [0.1, 0.15) is 18.2 Å². The van der Waals surface area contributed by atoms with Gasteiger partial charge in [0.2, 0.25) is 0 Å². The molecule has 0 amide bonds. The molecule has 4 rings (SSSR count). The van der Waals surface area contributed by atoms with Gasteiger partial charge >= 0.3 is 11.8 Å². The predicted octanol–water partition coefficient (Wildman–Crippen LogP) is 7.38. The van der Waals surface area contributed by atoms with Crippen molar-refractivity contribution in [1.29, 1.82) is 0 Å². The third kappa shape index (κ3) is 4.09. The first-order valence-corrected chi connectivity index (χ1v) is 11.2. The van der Waals surface area contributed by atoms with Gasteiger partial charge < -0.3 is 14.2 Å². The van der Waals surface area contributed by atoms with Gasteiger partial charge in [-0.25, -0.2) is 8.78 Å². The molecule has 0 N–H and O–H groups in total. The summed E-state index contributed by atoms with van der Waals surface area (Å²) in [5.41, 5.74) is -4.88. The summed E-state index contributed by atoms with van der Waals surface area (Å²) < 4.78 is 106. The van der Waals surface area contributed by atoms with Gasteiger partial charge in [-0.1, -0.05) is 12.1 Å². The Hall–Kier alpha value is -2.94. The average Bonchev–Trinajstić information content (AvgIpc) is 2.79. The number of halogens is 6. The standard InChI is InChI=1S/C26H24F6O3/c1-4-33-19-9-8-18-17-7-6-15(14-34-16-10-12-24(3,13-11-16)35-5-2)22(27)20(17)25(29,30)26(31,32)21(18)23(19)28/h6-12H,4-5,13-14H2,1-3H3. The fraction of sp³-hybridized carbons (Fsp3) is 0.385. The number of rotatable bonds is 7. The second-order valence-electron chi connectivity index (χ2n) is 8.52. The van der Waals surface area contributed by atoms with Crippen molar-refractivity contribution < 1.29 is 40.6 Å². The molecule has 35 heavy (non-hydrogen) atoms. The minimum Gasteiger partial charge on any atom is -0.491 e. The van der Waals surface area contributed by atoms with Gasteiger partial charge in [-0.2, -0.15) is 17.6 Å². The molecular weight excluding hydrogens is 474 g/mol. The van der Waals surface area contributed by atoms with E-state index in [0.29, 0.717) is 18.8 Å². The van der Waals surface area contributed by atoms with E-state index in [-0.39, 0.29) is 12.2 Å². The maximum absolute atomic E-state index is 15.3. The highest BCUT2D eigenvalue weighted by molar-refractivity contribution is 5.77. The van der Waals surface area contributed by atoms with Crippen molar-refractivity contribution in [2.75, 3.05) is 13.2 Å². The Morgan fingerprint density at radius 2 is 1.46 bits per heavy atom. The molecule has 0 spiro atoms. The van der Waals surface area contributed by atoms with Gasteiger partial charge in [-0.15, -0.1) is 0 Å². The first-order valence-electron chi connectivity index (χ1n) is 11.2. The molecule has 0 aliphatic heterocycles. The molecule has 0 saturated carbocycles. The van der Waals surface area contributed by atoms with E-state index in [1.54, 1.807) is 18.2 Å². The Morgan fingerprint density at radius 3 is 2.03 bits per heavy atom. The van der Waals surface area contributed by atoms with Gasteiger partial charge in [0.15, 0.2) is 11.6 Å². The Bertz CT molecular complexity index is 1200. The summed E-state index contributed by atoms with van der Waals surface area (Å²) in [5, 5.41) is 0. The summed E-state index contributed by atoms with van der Waals surface area (Å²) in [6.07, 6.45) is 5.58. The number of hydrogen-bond acceptors (Lipinski definition) is 3. The molecular formula is C26H24F6O3. The van der Waals surface area contributed by atoms with Crippen LogP contribution in [0.5, 0.6) is 5.75 Å². The summed E-state index contributed by atoms with van der Waals surface area (Å²) >= 11 is 0.